The van der Waals surface area contributed by atoms with Gasteiger partial charge in [-0.3, -0.25) is 14.8 Å². The Morgan fingerprint density at radius 1 is 1.21 bits per heavy atom. The van der Waals surface area contributed by atoms with E-state index in [1.54, 1.807) is 12.2 Å². The third kappa shape index (κ3) is 3.53. The second-order valence-corrected chi connectivity index (χ2v) is 6.90. The number of carbonyl (C=O) groups is 1. The van der Waals surface area contributed by atoms with E-state index in [2.05, 4.69) is 23.4 Å². The van der Waals surface area contributed by atoms with Crippen molar-refractivity contribution in [3.8, 4) is 0 Å². The minimum absolute atomic E-state index is 0.211. The zero-order valence-electron chi connectivity index (χ0n) is 14.3. The summed E-state index contributed by atoms with van der Waals surface area (Å²) in [5.74, 6) is 2.25. The molecule has 2 heterocycles. The van der Waals surface area contributed by atoms with Crippen LogP contribution in [0.2, 0.25) is 0 Å². The van der Waals surface area contributed by atoms with Crippen LogP contribution in [0.3, 0.4) is 0 Å². The smallest absolute Gasteiger partial charge is 0.228 e. The molecular weight excluding hydrogens is 298 g/mol. The number of rotatable bonds is 5. The number of carbonyl (C=O) groups excluding carboxylic acids is 1. The lowest BCUT2D eigenvalue weighted by Crippen LogP contribution is -2.41. The van der Waals surface area contributed by atoms with Gasteiger partial charge in [0.05, 0.1) is 5.69 Å². The zero-order chi connectivity index (χ0) is 16.9. The van der Waals surface area contributed by atoms with Crippen molar-refractivity contribution >= 4 is 17.3 Å². The molecule has 0 bridgehead atoms. The number of amides is 1. The van der Waals surface area contributed by atoms with E-state index >= 15 is 0 Å². The van der Waals surface area contributed by atoms with E-state index in [-0.39, 0.29) is 5.91 Å². The first kappa shape index (κ1) is 16.7. The van der Waals surface area contributed by atoms with Gasteiger partial charge in [0.1, 0.15) is 0 Å². The molecule has 1 aromatic rings. The molecule has 1 saturated carbocycles. The first-order chi connectivity index (χ1) is 11.7. The summed E-state index contributed by atoms with van der Waals surface area (Å²) in [6.45, 7) is 8.30. The third-order valence-electron chi connectivity index (χ3n) is 5.45. The van der Waals surface area contributed by atoms with Gasteiger partial charge >= 0.3 is 0 Å². The number of nitrogens with zero attached hydrogens (tertiary/aromatic N) is 2. The summed E-state index contributed by atoms with van der Waals surface area (Å²) < 4.78 is 0. The Balaban J connectivity index is 1.67. The van der Waals surface area contributed by atoms with Gasteiger partial charge in [-0.05, 0) is 23.8 Å². The molecule has 4 heteroatoms. The SMILES string of the molecule is C=C/C=C(\C=C)c1cc(N2CCC(C3CCCCC3)CC2=O)n[nH]1. The van der Waals surface area contributed by atoms with Crippen molar-refractivity contribution in [1.82, 2.24) is 10.2 Å². The van der Waals surface area contributed by atoms with Crippen molar-refractivity contribution in [2.75, 3.05) is 11.4 Å². The Bertz CT molecular complexity index is 637. The molecule has 2 fully saturated rings. The molecule has 1 unspecified atom stereocenters. The van der Waals surface area contributed by atoms with Crippen LogP contribution < -0.4 is 4.90 Å². The molecular formula is C20H27N3O. The summed E-state index contributed by atoms with van der Waals surface area (Å²) >= 11 is 0. The van der Waals surface area contributed by atoms with Crippen molar-refractivity contribution in [1.29, 1.82) is 0 Å². The monoisotopic (exact) mass is 325 g/mol. The molecule has 0 radical (unpaired) electrons. The number of hydrogen-bond donors (Lipinski definition) is 1. The number of nitrogens with one attached hydrogen (secondary N) is 1. The molecule has 1 atom stereocenters. The van der Waals surface area contributed by atoms with Crippen LogP contribution in [0.4, 0.5) is 5.82 Å². The first-order valence-corrected chi connectivity index (χ1v) is 9.04. The van der Waals surface area contributed by atoms with Gasteiger partial charge in [-0.15, -0.1) is 0 Å². The predicted octanol–water partition coefficient (Wildman–Crippen LogP) is 4.49. The van der Waals surface area contributed by atoms with Crippen molar-refractivity contribution < 1.29 is 4.79 Å². The van der Waals surface area contributed by atoms with Crippen LogP contribution in [-0.2, 0) is 4.79 Å². The molecule has 3 rings (SSSR count). The number of aromatic amines is 1. The normalized spacial score (nSPS) is 23.3. The summed E-state index contributed by atoms with van der Waals surface area (Å²) in [5, 5.41) is 7.34. The molecule has 24 heavy (non-hydrogen) atoms. The van der Waals surface area contributed by atoms with E-state index < -0.39 is 0 Å². The van der Waals surface area contributed by atoms with Crippen molar-refractivity contribution in [2.45, 2.75) is 44.9 Å². The minimum atomic E-state index is 0.211. The molecule has 1 N–H and O–H groups in total. The molecule has 0 aromatic carbocycles. The molecule has 1 aromatic heterocycles. The highest BCUT2D eigenvalue weighted by Crippen LogP contribution is 2.36. The first-order valence-electron chi connectivity index (χ1n) is 9.04. The van der Waals surface area contributed by atoms with E-state index in [1.165, 1.54) is 32.1 Å². The highest BCUT2D eigenvalue weighted by molar-refractivity contribution is 5.93. The number of hydrogen-bond acceptors (Lipinski definition) is 2. The second kappa shape index (κ2) is 7.65. The Morgan fingerprint density at radius 3 is 2.67 bits per heavy atom. The summed E-state index contributed by atoms with van der Waals surface area (Å²) in [5.41, 5.74) is 1.79. The molecule has 4 nitrogen and oxygen atoms in total. The fourth-order valence-corrected chi connectivity index (χ4v) is 4.10. The lowest BCUT2D eigenvalue weighted by molar-refractivity contribution is -0.121. The Morgan fingerprint density at radius 2 is 2.00 bits per heavy atom. The van der Waals surface area contributed by atoms with Gasteiger partial charge in [-0.2, -0.15) is 5.10 Å². The van der Waals surface area contributed by atoms with Crippen LogP contribution in [-0.4, -0.2) is 22.6 Å². The van der Waals surface area contributed by atoms with Gasteiger partial charge < -0.3 is 0 Å². The highest BCUT2D eigenvalue weighted by atomic mass is 16.2. The largest absolute Gasteiger partial charge is 0.295 e. The number of piperidine rings is 1. The maximum Gasteiger partial charge on any atom is 0.228 e. The number of allylic oxidation sites excluding steroid dienone is 4. The van der Waals surface area contributed by atoms with Crippen LogP contribution in [0.25, 0.3) is 5.57 Å². The van der Waals surface area contributed by atoms with E-state index in [4.69, 9.17) is 0 Å². The van der Waals surface area contributed by atoms with Crippen LogP contribution in [0.15, 0.2) is 37.5 Å². The van der Waals surface area contributed by atoms with Crippen molar-refractivity contribution in [3.05, 3.63) is 43.1 Å². The average molecular weight is 325 g/mol. The fraction of sp³-hybridized carbons (Fsp3) is 0.500. The van der Waals surface area contributed by atoms with Crippen molar-refractivity contribution in [3.63, 3.8) is 0 Å². The topological polar surface area (TPSA) is 49.0 Å². The molecule has 0 spiro atoms. The predicted molar refractivity (Wildman–Crippen MR) is 98.6 cm³/mol. The quantitative estimate of drug-likeness (QED) is 0.811. The molecule has 1 amide bonds. The number of anilines is 1. The molecule has 128 valence electrons. The maximum atomic E-state index is 12.6. The molecule has 1 aliphatic carbocycles. The van der Waals surface area contributed by atoms with Gasteiger partial charge in [-0.1, -0.05) is 63.5 Å². The fourth-order valence-electron chi connectivity index (χ4n) is 4.10. The highest BCUT2D eigenvalue weighted by Gasteiger charge is 2.33. The van der Waals surface area contributed by atoms with Gasteiger partial charge in [0, 0.05) is 19.0 Å². The standard InChI is InChI=1S/C20H27N3O/c1-3-8-15(4-2)18-14-19(22-21-18)23-12-11-17(13-20(23)24)16-9-6-5-7-10-16/h3-4,8,14,16-17H,1-2,5-7,9-13H2,(H,21,22)/b15-8+. The second-order valence-electron chi connectivity index (χ2n) is 6.90. The van der Waals surface area contributed by atoms with Crippen LogP contribution >= 0.6 is 0 Å². The van der Waals surface area contributed by atoms with Gasteiger partial charge in [0.25, 0.3) is 0 Å². The average Bonchev–Trinajstić information content (AvgIpc) is 3.10. The van der Waals surface area contributed by atoms with E-state index in [9.17, 15) is 4.79 Å². The van der Waals surface area contributed by atoms with Gasteiger partial charge in [-0.25, -0.2) is 0 Å². The summed E-state index contributed by atoms with van der Waals surface area (Å²) in [6.07, 6.45) is 13.8. The summed E-state index contributed by atoms with van der Waals surface area (Å²) in [6, 6.07) is 1.93. The number of aromatic nitrogens is 2. The zero-order valence-corrected chi connectivity index (χ0v) is 14.3. The molecule has 1 aliphatic heterocycles. The van der Waals surface area contributed by atoms with Crippen LogP contribution in [0, 0.1) is 11.8 Å². The van der Waals surface area contributed by atoms with Crippen molar-refractivity contribution in [2.24, 2.45) is 11.8 Å². The third-order valence-corrected chi connectivity index (χ3v) is 5.45. The Kier molecular flexibility index (Phi) is 5.34. The molecule has 2 aliphatic rings. The lowest BCUT2D eigenvalue weighted by atomic mass is 9.75. The van der Waals surface area contributed by atoms with E-state index in [0.717, 1.165) is 30.2 Å². The van der Waals surface area contributed by atoms with Crippen LogP contribution in [0.1, 0.15) is 50.6 Å². The van der Waals surface area contributed by atoms with Gasteiger partial charge in [0.15, 0.2) is 5.82 Å². The maximum absolute atomic E-state index is 12.6. The molecule has 1 saturated heterocycles. The Labute approximate surface area is 144 Å². The van der Waals surface area contributed by atoms with E-state index in [0.29, 0.717) is 18.2 Å². The Hall–Kier alpha value is -2.10. The van der Waals surface area contributed by atoms with E-state index in [1.807, 2.05) is 17.0 Å². The van der Waals surface area contributed by atoms with Crippen LogP contribution in [0.5, 0.6) is 0 Å². The van der Waals surface area contributed by atoms with Gasteiger partial charge in [0.2, 0.25) is 5.91 Å². The lowest BCUT2D eigenvalue weighted by Gasteiger charge is -2.36. The summed E-state index contributed by atoms with van der Waals surface area (Å²) in [4.78, 5) is 14.5. The number of H-pyrrole nitrogens is 1. The minimum Gasteiger partial charge on any atom is -0.295 e. The summed E-state index contributed by atoms with van der Waals surface area (Å²) in [7, 11) is 0.